The molecule has 0 amide bonds. The van der Waals surface area contributed by atoms with Crippen molar-refractivity contribution in [3.05, 3.63) is 4.13 Å². The second-order valence-corrected chi connectivity index (χ2v) is 17.0. The molecule has 0 aromatic rings. The number of hydrogen-bond acceptors (Lipinski definition) is 5. The molecule has 0 saturated carbocycles. The fraction of sp³-hybridized carbons (Fsp3) is 1.00. The third-order valence-corrected chi connectivity index (χ3v) is 13.1. The number of halogens is 6. The zero-order chi connectivity index (χ0) is 28.2. The highest BCUT2D eigenvalue weighted by molar-refractivity contribution is 8.13. The molecule has 0 spiro atoms. The van der Waals surface area contributed by atoms with Crippen LogP contribution in [0.25, 0.3) is 4.13 Å². The fourth-order valence-electron chi connectivity index (χ4n) is 3.03. The van der Waals surface area contributed by atoms with Gasteiger partial charge in [-0.25, -0.2) is 16.8 Å². The van der Waals surface area contributed by atoms with E-state index < -0.39 is 39.4 Å². The van der Waals surface area contributed by atoms with Crippen molar-refractivity contribution in [1.82, 2.24) is 0 Å². The fourth-order valence-corrected chi connectivity index (χ4v) is 7.38. The average molecular weight is 583 g/mol. The number of quaternary nitrogens is 1. The predicted molar refractivity (Wildman–Crippen MR) is 127 cm³/mol. The van der Waals surface area contributed by atoms with Gasteiger partial charge in [-0.1, -0.05) is 47.0 Å². The Labute approximate surface area is 207 Å². The van der Waals surface area contributed by atoms with Crippen LogP contribution in [0.1, 0.15) is 59.8 Å². The number of nitrogens with zero attached hydrogens (tertiary/aromatic N) is 2. The van der Waals surface area contributed by atoms with Gasteiger partial charge < -0.3 is 13.0 Å². The van der Waals surface area contributed by atoms with Gasteiger partial charge in [-0.05, 0) is 31.0 Å². The van der Waals surface area contributed by atoms with Crippen molar-refractivity contribution in [2.75, 3.05) is 33.8 Å². The lowest BCUT2D eigenvalue weighted by atomic mass is 10.1. The zero-order valence-corrected chi connectivity index (χ0v) is 23.9. The van der Waals surface area contributed by atoms with Crippen molar-refractivity contribution in [1.29, 1.82) is 0 Å². The van der Waals surface area contributed by atoms with Crippen molar-refractivity contribution in [2.45, 2.75) is 88.9 Å². The van der Waals surface area contributed by atoms with E-state index in [4.69, 9.17) is 4.43 Å². The van der Waals surface area contributed by atoms with Gasteiger partial charge in [0.25, 0.3) is 0 Å². The second kappa shape index (κ2) is 15.1. The molecule has 0 aliphatic heterocycles. The molecule has 0 rings (SSSR count). The SMILES string of the molecule is CCCCCCC[N+](C)(C)CCO[Si](CC)(CC)CC.O=S(=O)([N-]S(=O)(=O)C(F)(F)F)C(F)(F)F. The first kappa shape index (κ1) is 36.7. The summed E-state index contributed by atoms with van der Waals surface area (Å²) in [6.45, 7) is 12.6. The molecule has 0 aliphatic carbocycles. The Bertz CT molecular complexity index is 749. The first-order valence-electron chi connectivity index (χ1n) is 11.5. The van der Waals surface area contributed by atoms with Gasteiger partial charge in [0.2, 0.25) is 0 Å². The van der Waals surface area contributed by atoms with Gasteiger partial charge in [0.1, 0.15) is 6.54 Å². The smallest absolute Gasteiger partial charge is 0.421 e. The van der Waals surface area contributed by atoms with E-state index in [1.165, 1.54) is 63.3 Å². The standard InChI is InChI=1S/C17H40NOSi.C2F6NO4S2/c1-7-11-12-13-14-15-18(5,6)16-17-19-20(8-2,9-3)10-4;3-1(4,5)14(10,11)9-15(12,13)2(6,7)8/h7-17H2,1-6H3;/q+1;-1. The molecule has 16 heteroatoms. The molecular formula is C19H40F6N2O5S2Si. The summed E-state index contributed by atoms with van der Waals surface area (Å²) in [5.74, 6) is 0. The van der Waals surface area contributed by atoms with E-state index in [0.29, 0.717) is 0 Å². The van der Waals surface area contributed by atoms with E-state index in [1.54, 1.807) is 0 Å². The molecule has 0 heterocycles. The van der Waals surface area contributed by atoms with Crippen LogP contribution in [0.5, 0.6) is 0 Å². The van der Waals surface area contributed by atoms with E-state index in [-0.39, 0.29) is 0 Å². The van der Waals surface area contributed by atoms with Crippen LogP contribution in [0.3, 0.4) is 0 Å². The lowest BCUT2D eigenvalue weighted by Gasteiger charge is -2.33. The van der Waals surface area contributed by atoms with Crippen LogP contribution in [0.2, 0.25) is 18.1 Å². The van der Waals surface area contributed by atoms with E-state index in [0.717, 1.165) is 15.2 Å². The molecule has 0 bridgehead atoms. The summed E-state index contributed by atoms with van der Waals surface area (Å²) in [7, 11) is -10.1. The topological polar surface area (TPSA) is 91.6 Å². The van der Waals surface area contributed by atoms with Crippen molar-refractivity contribution in [3.63, 3.8) is 0 Å². The minimum atomic E-state index is -6.72. The predicted octanol–water partition coefficient (Wildman–Crippen LogP) is 6.11. The van der Waals surface area contributed by atoms with Crippen LogP contribution in [0.15, 0.2) is 0 Å². The maximum atomic E-state index is 11.4. The van der Waals surface area contributed by atoms with Crippen LogP contribution in [-0.4, -0.2) is 74.4 Å². The Hall–Kier alpha value is -0.423. The van der Waals surface area contributed by atoms with E-state index in [1.807, 2.05) is 0 Å². The third kappa shape index (κ3) is 14.2. The molecule has 214 valence electrons. The lowest BCUT2D eigenvalue weighted by Crippen LogP contribution is -2.45. The highest BCUT2D eigenvalue weighted by Gasteiger charge is 2.46. The number of alkyl halides is 6. The molecule has 0 atom stereocenters. The minimum Gasteiger partial charge on any atom is -0.421 e. The Morgan fingerprint density at radius 3 is 1.46 bits per heavy atom. The van der Waals surface area contributed by atoms with Gasteiger partial charge in [0.15, 0.2) is 28.4 Å². The second-order valence-electron chi connectivity index (χ2n) is 8.81. The molecule has 0 radical (unpaired) electrons. The monoisotopic (exact) mass is 582 g/mol. The summed E-state index contributed by atoms with van der Waals surface area (Å²) >= 11 is 0. The molecule has 0 aromatic heterocycles. The van der Waals surface area contributed by atoms with Crippen LogP contribution < -0.4 is 0 Å². The molecule has 0 unspecified atom stereocenters. The van der Waals surface area contributed by atoms with Crippen LogP contribution in [0.4, 0.5) is 26.3 Å². The summed E-state index contributed by atoms with van der Waals surface area (Å²) in [4.78, 5) is 0. The molecule has 0 saturated heterocycles. The Morgan fingerprint density at radius 2 is 1.11 bits per heavy atom. The van der Waals surface area contributed by atoms with Gasteiger partial charge >= 0.3 is 11.0 Å². The zero-order valence-electron chi connectivity index (χ0n) is 21.3. The van der Waals surface area contributed by atoms with Crippen LogP contribution in [-0.2, 0) is 24.5 Å². The first-order valence-corrected chi connectivity index (χ1v) is 16.9. The number of sulfonamides is 2. The molecule has 0 aromatic carbocycles. The lowest BCUT2D eigenvalue weighted by molar-refractivity contribution is -0.890. The number of rotatable bonds is 15. The highest BCUT2D eigenvalue weighted by Crippen LogP contribution is 2.36. The Balaban J connectivity index is 0. The molecule has 0 aliphatic rings. The quantitative estimate of drug-likeness (QED) is 0.101. The van der Waals surface area contributed by atoms with Crippen molar-refractivity contribution in [2.24, 2.45) is 0 Å². The van der Waals surface area contributed by atoms with Crippen molar-refractivity contribution < 1.29 is 52.1 Å². The molecule has 0 N–H and O–H groups in total. The molecule has 0 fully saturated rings. The largest absolute Gasteiger partial charge is 0.480 e. The summed E-state index contributed by atoms with van der Waals surface area (Å²) in [5, 5.41) is 0. The van der Waals surface area contributed by atoms with Crippen molar-refractivity contribution >= 4 is 28.4 Å². The van der Waals surface area contributed by atoms with E-state index in [2.05, 4.69) is 41.8 Å². The van der Waals surface area contributed by atoms with Crippen molar-refractivity contribution in [3.8, 4) is 0 Å². The summed E-state index contributed by atoms with van der Waals surface area (Å²) in [5.41, 5.74) is -12.4. The minimum absolute atomic E-state index is 0.778. The Morgan fingerprint density at radius 1 is 0.714 bits per heavy atom. The summed E-state index contributed by atoms with van der Waals surface area (Å²) < 4.78 is 117. The van der Waals surface area contributed by atoms with E-state index >= 15 is 0 Å². The molecule has 35 heavy (non-hydrogen) atoms. The van der Waals surface area contributed by atoms with Gasteiger partial charge in [0, 0.05) is 0 Å². The molecular weight excluding hydrogens is 542 g/mol. The van der Waals surface area contributed by atoms with Gasteiger partial charge in [-0.15, -0.1) is 0 Å². The highest BCUT2D eigenvalue weighted by atomic mass is 32.3. The Kier molecular flexibility index (Phi) is 15.8. The van der Waals surface area contributed by atoms with E-state index in [9.17, 15) is 43.2 Å². The summed E-state index contributed by atoms with van der Waals surface area (Å²) in [6.07, 6.45) is 6.90. The number of likely N-dealkylation sites (N-methyl/N-ethyl adjacent to an activating group) is 1. The maximum absolute atomic E-state index is 11.4. The number of hydrogen-bond donors (Lipinski definition) is 0. The average Bonchev–Trinajstić information content (AvgIpc) is 2.69. The normalized spacial score (nSPS) is 13.9. The van der Waals surface area contributed by atoms with Gasteiger partial charge in [0.05, 0.1) is 27.2 Å². The maximum Gasteiger partial charge on any atom is 0.480 e. The number of unbranched alkanes of at least 4 members (excludes halogenated alkanes) is 4. The van der Waals surface area contributed by atoms with Crippen LogP contribution in [0, 0.1) is 0 Å². The van der Waals surface area contributed by atoms with Gasteiger partial charge in [-0.2, -0.15) is 26.3 Å². The third-order valence-electron chi connectivity index (χ3n) is 5.69. The summed E-state index contributed by atoms with van der Waals surface area (Å²) in [6, 6.07) is 3.80. The molecule has 7 nitrogen and oxygen atoms in total. The van der Waals surface area contributed by atoms with Gasteiger partial charge in [-0.3, -0.25) is 0 Å². The first-order chi connectivity index (χ1) is 15.7. The van der Waals surface area contributed by atoms with Crippen LogP contribution >= 0.6 is 0 Å².